The van der Waals surface area contributed by atoms with Crippen LogP contribution in [0.3, 0.4) is 0 Å². The lowest BCUT2D eigenvalue weighted by atomic mass is 10.2. The van der Waals surface area contributed by atoms with E-state index in [1.165, 1.54) is 20.1 Å². The Bertz CT molecular complexity index is 669. The normalized spacial score (nSPS) is 12.8. The van der Waals surface area contributed by atoms with Crippen LogP contribution in [0.2, 0.25) is 0 Å². The van der Waals surface area contributed by atoms with Crippen molar-refractivity contribution in [1.29, 1.82) is 0 Å². The highest BCUT2D eigenvalue weighted by Gasteiger charge is 2.36. The van der Waals surface area contributed by atoms with Gasteiger partial charge in [0.05, 0.1) is 13.2 Å². The summed E-state index contributed by atoms with van der Waals surface area (Å²) in [6.45, 7) is 1.50. The van der Waals surface area contributed by atoms with Gasteiger partial charge in [0.1, 0.15) is 11.6 Å². The van der Waals surface area contributed by atoms with Gasteiger partial charge in [-0.25, -0.2) is 4.98 Å². The monoisotopic (exact) mass is 314 g/mol. The number of carbonyl (C=O) groups is 1. The van der Waals surface area contributed by atoms with Crippen molar-refractivity contribution in [2.45, 2.75) is 19.1 Å². The minimum Gasteiger partial charge on any atom is -0.497 e. The first kappa shape index (κ1) is 15.8. The fraction of sp³-hybridized carbons (Fsp3) is 0.308. The average molecular weight is 314 g/mol. The summed E-state index contributed by atoms with van der Waals surface area (Å²) < 4.78 is 42.3. The zero-order valence-electron chi connectivity index (χ0n) is 11.7. The summed E-state index contributed by atoms with van der Waals surface area (Å²) >= 11 is 0. The number of nitrogens with one attached hydrogen (secondary N) is 2. The molecule has 9 heteroatoms. The maximum atomic E-state index is 12.4. The molecule has 1 heterocycles. The number of hydrogen-bond acceptors (Lipinski definition) is 4. The van der Waals surface area contributed by atoms with Crippen molar-refractivity contribution in [3.05, 3.63) is 41.5 Å². The second-order valence-electron chi connectivity index (χ2n) is 4.47. The van der Waals surface area contributed by atoms with Gasteiger partial charge in [-0.05, 0) is 25.1 Å². The fourth-order valence-electron chi connectivity index (χ4n) is 1.71. The maximum Gasteiger partial charge on any atom is 0.453 e. The fourth-order valence-corrected chi connectivity index (χ4v) is 1.71. The standard InChI is InChI=1S/C13H13F3N4O2/c1-7(10-18-12(20-19-10)13(14,15)16)17-11(21)8-4-3-5-9(6-8)22-2/h3-7H,1-2H3,(H,17,21)(H,18,19,20). The molecule has 6 nitrogen and oxygen atoms in total. The molecule has 0 aliphatic heterocycles. The number of aromatic amines is 1. The van der Waals surface area contributed by atoms with Crippen LogP contribution >= 0.6 is 0 Å². The molecule has 1 aromatic heterocycles. The number of aromatic nitrogens is 3. The number of halogens is 3. The van der Waals surface area contributed by atoms with Crippen molar-refractivity contribution in [3.8, 4) is 5.75 Å². The molecule has 2 N–H and O–H groups in total. The molecule has 0 radical (unpaired) electrons. The number of carbonyl (C=O) groups excluding carboxylic acids is 1. The molecule has 0 saturated carbocycles. The van der Waals surface area contributed by atoms with Crippen molar-refractivity contribution in [3.63, 3.8) is 0 Å². The van der Waals surface area contributed by atoms with Gasteiger partial charge in [0.25, 0.3) is 11.7 Å². The zero-order chi connectivity index (χ0) is 16.3. The molecule has 0 fully saturated rings. The number of alkyl halides is 3. The van der Waals surface area contributed by atoms with Gasteiger partial charge in [-0.3, -0.25) is 9.89 Å². The number of H-pyrrole nitrogens is 1. The van der Waals surface area contributed by atoms with E-state index in [2.05, 4.69) is 20.5 Å². The summed E-state index contributed by atoms with van der Waals surface area (Å²) in [6, 6.07) is 5.62. The van der Waals surface area contributed by atoms with E-state index in [0.717, 1.165) is 0 Å². The Labute approximate surface area is 123 Å². The average Bonchev–Trinajstić information content (AvgIpc) is 2.97. The third-order valence-electron chi connectivity index (χ3n) is 2.85. The Morgan fingerprint density at radius 2 is 2.14 bits per heavy atom. The Morgan fingerprint density at radius 1 is 1.41 bits per heavy atom. The van der Waals surface area contributed by atoms with Crippen molar-refractivity contribution in [2.24, 2.45) is 0 Å². The van der Waals surface area contributed by atoms with Crippen molar-refractivity contribution >= 4 is 5.91 Å². The summed E-state index contributed by atoms with van der Waals surface area (Å²) in [4.78, 5) is 15.4. The highest BCUT2D eigenvalue weighted by Crippen LogP contribution is 2.26. The lowest BCUT2D eigenvalue weighted by Gasteiger charge is -2.11. The van der Waals surface area contributed by atoms with E-state index >= 15 is 0 Å². The Kier molecular flexibility index (Phi) is 4.34. The van der Waals surface area contributed by atoms with E-state index in [9.17, 15) is 18.0 Å². The third kappa shape index (κ3) is 3.54. The second kappa shape index (κ2) is 6.04. The molecule has 118 valence electrons. The van der Waals surface area contributed by atoms with Gasteiger partial charge in [-0.2, -0.15) is 13.2 Å². The molecule has 0 aliphatic rings. The number of hydrogen-bond donors (Lipinski definition) is 2. The van der Waals surface area contributed by atoms with Gasteiger partial charge in [0, 0.05) is 5.56 Å². The van der Waals surface area contributed by atoms with Gasteiger partial charge in [0.15, 0.2) is 0 Å². The van der Waals surface area contributed by atoms with E-state index in [-0.39, 0.29) is 5.82 Å². The number of amides is 1. The van der Waals surface area contributed by atoms with Crippen LogP contribution in [0, 0.1) is 0 Å². The molecule has 22 heavy (non-hydrogen) atoms. The number of nitrogens with zero attached hydrogens (tertiary/aromatic N) is 2. The van der Waals surface area contributed by atoms with Crippen molar-refractivity contribution < 1.29 is 22.7 Å². The van der Waals surface area contributed by atoms with E-state index < -0.39 is 23.9 Å². The summed E-state index contributed by atoms with van der Waals surface area (Å²) in [5, 5.41) is 7.79. The highest BCUT2D eigenvalue weighted by atomic mass is 19.4. The molecule has 1 amide bonds. The largest absolute Gasteiger partial charge is 0.497 e. The molecule has 0 spiro atoms. The van der Waals surface area contributed by atoms with E-state index in [1.807, 2.05) is 0 Å². The topological polar surface area (TPSA) is 79.9 Å². The lowest BCUT2D eigenvalue weighted by Crippen LogP contribution is -2.27. The summed E-state index contributed by atoms with van der Waals surface area (Å²) in [5.41, 5.74) is 0.321. The Hall–Kier alpha value is -2.58. The minimum atomic E-state index is -4.63. The van der Waals surface area contributed by atoms with Crippen LogP contribution in [0.4, 0.5) is 13.2 Å². The van der Waals surface area contributed by atoms with Crippen molar-refractivity contribution in [1.82, 2.24) is 20.5 Å². The number of benzene rings is 1. The van der Waals surface area contributed by atoms with E-state index in [1.54, 1.807) is 18.2 Å². The predicted molar refractivity (Wildman–Crippen MR) is 70.3 cm³/mol. The first-order chi connectivity index (χ1) is 10.3. The Balaban J connectivity index is 2.09. The zero-order valence-corrected chi connectivity index (χ0v) is 11.7. The van der Waals surface area contributed by atoms with Crippen LogP contribution in [-0.2, 0) is 6.18 Å². The first-order valence-electron chi connectivity index (χ1n) is 6.25. The second-order valence-corrected chi connectivity index (χ2v) is 4.47. The van der Waals surface area contributed by atoms with Crippen LogP contribution < -0.4 is 10.1 Å². The van der Waals surface area contributed by atoms with Gasteiger partial charge in [0.2, 0.25) is 0 Å². The first-order valence-corrected chi connectivity index (χ1v) is 6.25. The lowest BCUT2D eigenvalue weighted by molar-refractivity contribution is -0.144. The van der Waals surface area contributed by atoms with Gasteiger partial charge < -0.3 is 10.1 Å². The van der Waals surface area contributed by atoms with Crippen LogP contribution in [-0.4, -0.2) is 28.2 Å². The molecular weight excluding hydrogens is 301 g/mol. The molecule has 2 rings (SSSR count). The van der Waals surface area contributed by atoms with E-state index in [0.29, 0.717) is 11.3 Å². The molecule has 0 saturated heterocycles. The van der Waals surface area contributed by atoms with Gasteiger partial charge in [-0.15, -0.1) is 5.10 Å². The predicted octanol–water partition coefficient (Wildman–Crippen LogP) is 2.32. The molecule has 0 aliphatic carbocycles. The molecular formula is C13H13F3N4O2. The van der Waals surface area contributed by atoms with Crippen LogP contribution in [0.5, 0.6) is 5.75 Å². The SMILES string of the molecule is COc1cccc(C(=O)NC(C)c2nc(C(F)(F)F)n[nH]2)c1. The Morgan fingerprint density at radius 3 is 2.73 bits per heavy atom. The molecule has 1 unspecified atom stereocenters. The molecule has 2 aromatic rings. The van der Waals surface area contributed by atoms with Gasteiger partial charge in [-0.1, -0.05) is 6.07 Å². The van der Waals surface area contributed by atoms with Gasteiger partial charge >= 0.3 is 6.18 Å². The number of rotatable bonds is 4. The minimum absolute atomic E-state index is 0.0800. The quantitative estimate of drug-likeness (QED) is 0.907. The number of ether oxygens (including phenoxy) is 1. The van der Waals surface area contributed by atoms with Crippen LogP contribution in [0.15, 0.2) is 24.3 Å². The molecule has 0 bridgehead atoms. The molecule has 1 aromatic carbocycles. The summed E-state index contributed by atoms with van der Waals surface area (Å²) in [7, 11) is 1.47. The van der Waals surface area contributed by atoms with Crippen molar-refractivity contribution in [2.75, 3.05) is 7.11 Å². The smallest absolute Gasteiger partial charge is 0.453 e. The van der Waals surface area contributed by atoms with Crippen LogP contribution in [0.25, 0.3) is 0 Å². The van der Waals surface area contributed by atoms with Crippen LogP contribution in [0.1, 0.15) is 35.0 Å². The highest BCUT2D eigenvalue weighted by molar-refractivity contribution is 5.94. The summed E-state index contributed by atoms with van der Waals surface area (Å²) in [5.74, 6) is -1.32. The summed E-state index contributed by atoms with van der Waals surface area (Å²) in [6.07, 6.45) is -4.63. The maximum absolute atomic E-state index is 12.4. The number of methoxy groups -OCH3 is 1. The third-order valence-corrected chi connectivity index (χ3v) is 2.85. The molecule has 1 atom stereocenters. The van der Waals surface area contributed by atoms with E-state index in [4.69, 9.17) is 4.74 Å².